The molecule has 0 saturated heterocycles. The van der Waals surface area contributed by atoms with E-state index in [0.29, 0.717) is 5.56 Å². The van der Waals surface area contributed by atoms with Gasteiger partial charge >= 0.3 is 5.97 Å². The summed E-state index contributed by atoms with van der Waals surface area (Å²) in [6, 6.07) is 8.94. The maximum absolute atomic E-state index is 13.5. The monoisotopic (exact) mass is 488 g/mol. The van der Waals surface area contributed by atoms with Crippen molar-refractivity contribution in [2.75, 3.05) is 4.72 Å². The number of benzene rings is 2. The van der Waals surface area contributed by atoms with Crippen molar-refractivity contribution in [3.63, 3.8) is 0 Å². The molecule has 0 aliphatic heterocycles. The lowest BCUT2D eigenvalue weighted by atomic mass is 9.89. The maximum atomic E-state index is 13.5. The van der Waals surface area contributed by atoms with Gasteiger partial charge in [0.1, 0.15) is 17.9 Å². The Morgan fingerprint density at radius 1 is 1.24 bits per heavy atom. The SMILES string of the molecule is CC1(C)CCCC1Oc1cc(Cl)c(C#N)cc1NS(=O)(=O)c1cc(C(=O)O)ccc1C1CC1. The average Bonchev–Trinajstić information content (AvgIpc) is 3.54. The molecule has 0 spiro atoms. The third-order valence-corrected chi connectivity index (χ3v) is 8.16. The van der Waals surface area contributed by atoms with Gasteiger partial charge in [0.2, 0.25) is 0 Å². The molecule has 1 unspecified atom stereocenters. The van der Waals surface area contributed by atoms with E-state index in [0.717, 1.165) is 32.1 Å². The normalized spacial score (nSPS) is 19.6. The van der Waals surface area contributed by atoms with E-state index in [1.807, 2.05) is 6.07 Å². The predicted molar refractivity (Wildman–Crippen MR) is 124 cm³/mol. The number of halogens is 1. The van der Waals surface area contributed by atoms with Crippen molar-refractivity contribution >= 4 is 33.3 Å². The molecule has 2 aliphatic carbocycles. The van der Waals surface area contributed by atoms with Crippen molar-refractivity contribution in [1.29, 1.82) is 5.26 Å². The molecule has 2 N–H and O–H groups in total. The summed E-state index contributed by atoms with van der Waals surface area (Å²) in [5.74, 6) is -0.890. The van der Waals surface area contributed by atoms with Gasteiger partial charge in [-0.25, -0.2) is 13.2 Å². The van der Waals surface area contributed by atoms with E-state index in [2.05, 4.69) is 18.6 Å². The minimum atomic E-state index is -4.17. The quantitative estimate of drug-likeness (QED) is 0.528. The zero-order chi connectivity index (χ0) is 24.0. The van der Waals surface area contributed by atoms with Crippen LogP contribution in [-0.2, 0) is 10.0 Å². The molecular weight excluding hydrogens is 464 g/mol. The van der Waals surface area contributed by atoms with E-state index < -0.39 is 16.0 Å². The van der Waals surface area contributed by atoms with E-state index in [1.165, 1.54) is 24.3 Å². The lowest BCUT2D eigenvalue weighted by Crippen LogP contribution is -2.29. The first-order valence-electron chi connectivity index (χ1n) is 10.8. The molecule has 4 rings (SSSR count). The molecule has 0 amide bonds. The number of carboxylic acids is 1. The number of carbonyl (C=O) groups is 1. The number of aromatic carboxylic acids is 1. The van der Waals surface area contributed by atoms with Crippen molar-refractivity contribution in [1.82, 2.24) is 0 Å². The van der Waals surface area contributed by atoms with E-state index in [-0.39, 0.29) is 49.9 Å². The Balaban J connectivity index is 1.76. The van der Waals surface area contributed by atoms with Gasteiger partial charge in [0.15, 0.2) is 0 Å². The van der Waals surface area contributed by atoms with Crippen molar-refractivity contribution < 1.29 is 23.1 Å². The summed E-state index contributed by atoms with van der Waals surface area (Å²) in [5.41, 5.74) is 0.584. The Morgan fingerprint density at radius 2 is 1.97 bits per heavy atom. The highest BCUT2D eigenvalue weighted by Gasteiger charge is 2.37. The molecule has 0 bridgehead atoms. The van der Waals surface area contributed by atoms with Gasteiger partial charge in [-0.15, -0.1) is 0 Å². The van der Waals surface area contributed by atoms with Crippen LogP contribution in [0.15, 0.2) is 35.2 Å². The maximum Gasteiger partial charge on any atom is 0.335 e. The van der Waals surface area contributed by atoms with Crippen LogP contribution >= 0.6 is 11.6 Å². The second-order valence-electron chi connectivity index (χ2n) is 9.36. The van der Waals surface area contributed by atoms with Gasteiger partial charge in [0, 0.05) is 11.5 Å². The Morgan fingerprint density at radius 3 is 2.55 bits per heavy atom. The van der Waals surface area contributed by atoms with E-state index in [9.17, 15) is 23.6 Å². The minimum Gasteiger partial charge on any atom is -0.488 e. The summed E-state index contributed by atoms with van der Waals surface area (Å²) in [5, 5.41) is 19.0. The van der Waals surface area contributed by atoms with E-state index >= 15 is 0 Å². The van der Waals surface area contributed by atoms with E-state index in [4.69, 9.17) is 16.3 Å². The summed E-state index contributed by atoms with van der Waals surface area (Å²) in [6.07, 6.45) is 4.36. The molecule has 9 heteroatoms. The van der Waals surface area contributed by atoms with Gasteiger partial charge in [-0.3, -0.25) is 4.72 Å². The van der Waals surface area contributed by atoms with Crippen LogP contribution in [0.3, 0.4) is 0 Å². The number of nitrogens with one attached hydrogen (secondary N) is 1. The topological polar surface area (TPSA) is 116 Å². The number of hydrogen-bond acceptors (Lipinski definition) is 5. The smallest absolute Gasteiger partial charge is 0.335 e. The second-order valence-corrected chi connectivity index (χ2v) is 11.4. The van der Waals surface area contributed by atoms with Crippen molar-refractivity contribution in [2.24, 2.45) is 5.41 Å². The van der Waals surface area contributed by atoms with Gasteiger partial charge in [0.25, 0.3) is 10.0 Å². The fourth-order valence-electron chi connectivity index (χ4n) is 4.32. The Kier molecular flexibility index (Phi) is 6.06. The molecule has 7 nitrogen and oxygen atoms in total. The molecule has 2 saturated carbocycles. The first-order valence-corrected chi connectivity index (χ1v) is 12.7. The van der Waals surface area contributed by atoms with Crippen LogP contribution in [0.5, 0.6) is 5.75 Å². The molecule has 2 aromatic carbocycles. The number of hydrogen-bond donors (Lipinski definition) is 2. The molecule has 0 heterocycles. The summed E-state index contributed by atoms with van der Waals surface area (Å²) in [6.45, 7) is 4.19. The lowest BCUT2D eigenvalue weighted by molar-refractivity contribution is 0.0696. The highest BCUT2D eigenvalue weighted by atomic mass is 35.5. The molecule has 33 heavy (non-hydrogen) atoms. The highest BCUT2D eigenvalue weighted by molar-refractivity contribution is 7.92. The number of carboxylic acid groups (broad SMARTS) is 1. The van der Waals surface area contributed by atoms with Gasteiger partial charge < -0.3 is 9.84 Å². The Hall–Kier alpha value is -2.76. The summed E-state index contributed by atoms with van der Waals surface area (Å²) < 4.78 is 35.7. The lowest BCUT2D eigenvalue weighted by Gasteiger charge is -2.28. The van der Waals surface area contributed by atoms with Crippen LogP contribution in [0.4, 0.5) is 5.69 Å². The number of sulfonamides is 1. The fraction of sp³-hybridized carbons (Fsp3) is 0.417. The molecule has 2 aromatic rings. The number of ether oxygens (including phenoxy) is 1. The third kappa shape index (κ3) is 4.80. The summed E-state index contributed by atoms with van der Waals surface area (Å²) in [7, 11) is -4.17. The number of nitrogens with zero attached hydrogens (tertiary/aromatic N) is 1. The van der Waals surface area contributed by atoms with Gasteiger partial charge in [-0.05, 0) is 61.8 Å². The minimum absolute atomic E-state index is 0.0781. The van der Waals surface area contributed by atoms with Crippen LogP contribution in [0, 0.1) is 16.7 Å². The first-order chi connectivity index (χ1) is 15.5. The molecule has 0 radical (unpaired) electrons. The van der Waals surface area contributed by atoms with Crippen LogP contribution in [0.25, 0.3) is 0 Å². The van der Waals surface area contributed by atoms with E-state index in [1.54, 1.807) is 6.07 Å². The number of nitriles is 1. The average molecular weight is 489 g/mol. The zero-order valence-corrected chi connectivity index (χ0v) is 20.0. The third-order valence-electron chi connectivity index (χ3n) is 6.43. The molecular formula is C24H25ClN2O5S. The standard InChI is InChI=1S/C24H25ClN2O5S/c1-24(2)9-3-4-22(24)32-20-12-18(25)16(13-26)10-19(20)27-33(30,31)21-11-15(23(28)29)7-8-17(21)14-5-6-14/h7-8,10-12,14,22,27H,3-6,9H2,1-2H3,(H,28,29). The molecule has 0 aromatic heterocycles. The Labute approximate surface area is 198 Å². The fourth-order valence-corrected chi connectivity index (χ4v) is 5.90. The summed E-state index contributed by atoms with van der Waals surface area (Å²) >= 11 is 6.23. The van der Waals surface area contributed by atoms with Crippen LogP contribution in [0.1, 0.15) is 73.4 Å². The molecule has 2 fully saturated rings. The van der Waals surface area contributed by atoms with Crippen LogP contribution in [0.2, 0.25) is 5.02 Å². The number of anilines is 1. The van der Waals surface area contributed by atoms with Crippen molar-refractivity contribution in [3.8, 4) is 11.8 Å². The Bertz CT molecular complexity index is 1260. The highest BCUT2D eigenvalue weighted by Crippen LogP contribution is 2.45. The molecule has 174 valence electrons. The van der Waals surface area contributed by atoms with Gasteiger partial charge in [-0.2, -0.15) is 5.26 Å². The molecule has 1 atom stereocenters. The first kappa shape index (κ1) is 23.4. The van der Waals surface area contributed by atoms with Gasteiger partial charge in [0.05, 0.1) is 26.7 Å². The second kappa shape index (κ2) is 8.54. The van der Waals surface area contributed by atoms with Crippen molar-refractivity contribution in [2.45, 2.75) is 62.9 Å². The zero-order valence-electron chi connectivity index (χ0n) is 18.4. The molecule has 2 aliphatic rings. The van der Waals surface area contributed by atoms with Crippen LogP contribution in [-0.4, -0.2) is 25.6 Å². The van der Waals surface area contributed by atoms with Crippen LogP contribution < -0.4 is 9.46 Å². The number of rotatable bonds is 7. The van der Waals surface area contributed by atoms with Gasteiger partial charge in [-0.1, -0.05) is 31.5 Å². The predicted octanol–water partition coefficient (Wildman–Crippen LogP) is 5.55. The summed E-state index contributed by atoms with van der Waals surface area (Å²) in [4.78, 5) is 11.4. The van der Waals surface area contributed by atoms with Crippen molar-refractivity contribution in [3.05, 3.63) is 52.0 Å². The largest absolute Gasteiger partial charge is 0.488 e.